The number of nitrogens with zero attached hydrogens (tertiary/aromatic N) is 3. The molecule has 1 aliphatic carbocycles. The maximum absolute atomic E-state index is 13.1. The first kappa shape index (κ1) is 20.1. The molecule has 2 aromatic carbocycles. The Morgan fingerprint density at radius 3 is 2.50 bits per heavy atom. The molecule has 32 heavy (non-hydrogen) atoms. The van der Waals surface area contributed by atoms with Crippen molar-refractivity contribution in [2.75, 3.05) is 7.05 Å². The molecule has 7 nitrogen and oxygen atoms in total. The number of fused-ring (bicyclic) bond motifs is 2. The minimum absolute atomic E-state index is 0.0194. The summed E-state index contributed by atoms with van der Waals surface area (Å²) in [4.78, 5) is 37.1. The number of ketones is 2. The van der Waals surface area contributed by atoms with Gasteiger partial charge in [0.1, 0.15) is 13.0 Å². The molecule has 1 aromatic heterocycles. The molecule has 0 saturated heterocycles. The first-order chi connectivity index (χ1) is 15.1. The number of benzene rings is 2. The zero-order chi connectivity index (χ0) is 22.9. The van der Waals surface area contributed by atoms with Crippen molar-refractivity contribution in [3.05, 3.63) is 81.6 Å². The lowest BCUT2D eigenvalue weighted by Crippen LogP contribution is -2.40. The van der Waals surface area contributed by atoms with Gasteiger partial charge in [0.15, 0.2) is 17.3 Å². The molecule has 0 spiro atoms. The van der Waals surface area contributed by atoms with Gasteiger partial charge in [0, 0.05) is 54.0 Å². The quantitative estimate of drug-likeness (QED) is 0.158. The van der Waals surface area contributed by atoms with E-state index in [-0.39, 0.29) is 22.8 Å². The molecule has 2 aliphatic rings. The number of hydrogen-bond donors (Lipinski definition) is 0. The highest BCUT2D eigenvalue weighted by molar-refractivity contribution is 6.43. The number of carbonyl (C=O) groups excluding carboxylic acids is 2. The van der Waals surface area contributed by atoms with Crippen LogP contribution in [-0.2, 0) is 22.1 Å². The molecule has 3 aromatic rings. The Labute approximate surface area is 184 Å². The van der Waals surface area contributed by atoms with Crippen molar-refractivity contribution in [1.29, 1.82) is 0 Å². The van der Waals surface area contributed by atoms with Crippen molar-refractivity contribution in [2.45, 2.75) is 25.2 Å². The Morgan fingerprint density at radius 2 is 1.81 bits per heavy atom. The number of nitro groups is 1. The van der Waals surface area contributed by atoms with Gasteiger partial charge in [0.25, 0.3) is 5.69 Å². The van der Waals surface area contributed by atoms with Crippen LogP contribution in [0.25, 0.3) is 10.9 Å². The molecule has 1 aliphatic heterocycles. The van der Waals surface area contributed by atoms with Crippen LogP contribution in [0.3, 0.4) is 0 Å². The zero-order valence-corrected chi connectivity index (χ0v) is 18.2. The molecule has 0 radical (unpaired) electrons. The van der Waals surface area contributed by atoms with E-state index in [2.05, 4.69) is 0 Å². The number of allylic oxidation sites excluding steroid dienone is 2. The number of aryl methyl sites for hydroxylation is 1. The van der Waals surface area contributed by atoms with Crippen LogP contribution < -0.4 is 0 Å². The first-order valence-corrected chi connectivity index (χ1v) is 10.4. The van der Waals surface area contributed by atoms with E-state index in [1.807, 2.05) is 67.5 Å². The molecular weight excluding hydrogens is 406 g/mol. The van der Waals surface area contributed by atoms with Crippen molar-refractivity contribution < 1.29 is 19.1 Å². The molecule has 1 fully saturated rings. The SMILES string of the molecule is Cn1cc(C2C(=O)C(=CC3=[N+](C)c4ccc([N+](=O)[O-])cc4C3(C)C)C2=O)c2ccccc21. The number of non-ortho nitro benzene ring substituents is 1. The minimum atomic E-state index is -0.786. The summed E-state index contributed by atoms with van der Waals surface area (Å²) in [5.74, 6) is -1.17. The van der Waals surface area contributed by atoms with Crippen LogP contribution in [0.2, 0.25) is 0 Å². The van der Waals surface area contributed by atoms with E-state index >= 15 is 0 Å². The van der Waals surface area contributed by atoms with E-state index in [4.69, 9.17) is 0 Å². The second kappa shape index (κ2) is 6.56. The van der Waals surface area contributed by atoms with Crippen molar-refractivity contribution in [3.63, 3.8) is 0 Å². The summed E-state index contributed by atoms with van der Waals surface area (Å²) in [6, 6.07) is 12.5. The highest BCUT2D eigenvalue weighted by Crippen LogP contribution is 2.43. The van der Waals surface area contributed by atoms with Crippen LogP contribution in [0.5, 0.6) is 0 Å². The fourth-order valence-corrected chi connectivity index (χ4v) is 5.03. The molecule has 5 rings (SSSR count). The largest absolute Gasteiger partial charge is 0.350 e. The maximum atomic E-state index is 13.1. The number of Topliss-reactive ketones (excluding diaryl/α,β-unsaturated/α-hetero) is 2. The van der Waals surface area contributed by atoms with E-state index < -0.39 is 16.3 Å². The smallest absolute Gasteiger partial charge is 0.270 e. The number of rotatable bonds is 3. The Balaban J connectivity index is 1.54. The summed E-state index contributed by atoms with van der Waals surface area (Å²) in [5, 5.41) is 12.2. The van der Waals surface area contributed by atoms with Crippen LogP contribution in [0.1, 0.15) is 30.9 Å². The van der Waals surface area contributed by atoms with Crippen LogP contribution in [0.4, 0.5) is 11.4 Å². The normalized spacial score (nSPS) is 19.4. The molecular formula is C25H22N3O4+. The van der Waals surface area contributed by atoms with E-state index in [0.29, 0.717) is 0 Å². The lowest BCUT2D eigenvalue weighted by molar-refractivity contribution is -0.402. The lowest BCUT2D eigenvalue weighted by Gasteiger charge is -2.26. The summed E-state index contributed by atoms with van der Waals surface area (Å²) < 4.78 is 3.83. The second-order valence-electron chi connectivity index (χ2n) is 8.96. The number of para-hydroxylation sites is 1. The van der Waals surface area contributed by atoms with E-state index in [9.17, 15) is 19.7 Å². The van der Waals surface area contributed by atoms with Gasteiger partial charge in [0.2, 0.25) is 5.69 Å². The Bertz CT molecular complexity index is 1420. The van der Waals surface area contributed by atoms with Crippen LogP contribution >= 0.6 is 0 Å². The summed E-state index contributed by atoms with van der Waals surface area (Å²) in [5.41, 5.74) is 3.71. The Hall–Kier alpha value is -3.87. The van der Waals surface area contributed by atoms with Crippen molar-refractivity contribution >= 4 is 39.6 Å². The first-order valence-electron chi connectivity index (χ1n) is 10.4. The molecule has 0 amide bonds. The molecule has 1 saturated carbocycles. The Morgan fingerprint density at radius 1 is 1.12 bits per heavy atom. The standard InChI is InChI=1S/C25H22N3O4/c1-25(2)18-11-14(28(31)32)9-10-20(18)27(4)21(25)12-16-23(29)22(24(16)30)17-13-26(3)19-8-6-5-7-15(17)19/h5-13,22H,1-4H3/q+1. The van der Waals surface area contributed by atoms with Crippen molar-refractivity contribution in [2.24, 2.45) is 7.05 Å². The average molecular weight is 428 g/mol. The van der Waals surface area contributed by atoms with Gasteiger partial charge in [-0.3, -0.25) is 19.7 Å². The van der Waals surface area contributed by atoms with Crippen LogP contribution in [0.15, 0.2) is 60.3 Å². The van der Waals surface area contributed by atoms with E-state index in [0.717, 1.165) is 33.4 Å². The zero-order valence-electron chi connectivity index (χ0n) is 18.2. The number of carbonyl (C=O) groups is 2. The molecule has 0 bridgehead atoms. The number of hydrogen-bond acceptors (Lipinski definition) is 4. The van der Waals surface area contributed by atoms with Gasteiger partial charge < -0.3 is 4.57 Å². The fourth-order valence-electron chi connectivity index (χ4n) is 5.03. The molecule has 0 N–H and O–H groups in total. The van der Waals surface area contributed by atoms with Gasteiger partial charge >= 0.3 is 0 Å². The third kappa shape index (κ3) is 2.57. The molecule has 0 atom stereocenters. The third-order valence-electron chi connectivity index (χ3n) is 6.80. The van der Waals surface area contributed by atoms with Gasteiger partial charge in [-0.15, -0.1) is 0 Å². The monoisotopic (exact) mass is 428 g/mol. The van der Waals surface area contributed by atoms with Gasteiger partial charge in [-0.1, -0.05) is 18.2 Å². The molecule has 160 valence electrons. The average Bonchev–Trinajstić information content (AvgIpc) is 3.18. The highest BCUT2D eigenvalue weighted by Gasteiger charge is 2.50. The van der Waals surface area contributed by atoms with Gasteiger partial charge in [0.05, 0.1) is 15.9 Å². The second-order valence-corrected chi connectivity index (χ2v) is 8.96. The van der Waals surface area contributed by atoms with Crippen LogP contribution in [-0.4, -0.2) is 38.4 Å². The summed E-state index contributed by atoms with van der Waals surface area (Å²) in [6.45, 7) is 3.89. The summed E-state index contributed by atoms with van der Waals surface area (Å²) in [7, 11) is 3.75. The predicted molar refractivity (Wildman–Crippen MR) is 121 cm³/mol. The molecule has 7 heteroatoms. The van der Waals surface area contributed by atoms with E-state index in [1.54, 1.807) is 18.2 Å². The maximum Gasteiger partial charge on any atom is 0.270 e. The van der Waals surface area contributed by atoms with Gasteiger partial charge in [-0.25, -0.2) is 0 Å². The molecule has 2 heterocycles. The van der Waals surface area contributed by atoms with Crippen molar-refractivity contribution in [1.82, 2.24) is 4.57 Å². The third-order valence-corrected chi connectivity index (χ3v) is 6.80. The number of nitro benzene ring substituents is 1. The molecule has 0 unspecified atom stereocenters. The topological polar surface area (TPSA) is 85.2 Å². The highest BCUT2D eigenvalue weighted by atomic mass is 16.6. The van der Waals surface area contributed by atoms with Gasteiger partial charge in [-0.05, 0) is 25.5 Å². The summed E-state index contributed by atoms with van der Waals surface area (Å²) >= 11 is 0. The van der Waals surface area contributed by atoms with E-state index in [1.165, 1.54) is 6.07 Å². The summed E-state index contributed by atoms with van der Waals surface area (Å²) in [6.07, 6.45) is 3.52. The predicted octanol–water partition coefficient (Wildman–Crippen LogP) is 3.95. The van der Waals surface area contributed by atoms with Crippen molar-refractivity contribution in [3.8, 4) is 0 Å². The van der Waals surface area contributed by atoms with Crippen LogP contribution in [0, 0.1) is 10.1 Å². The Kier molecular flexibility index (Phi) is 4.11. The fraction of sp³-hybridized carbons (Fsp3) is 0.240. The van der Waals surface area contributed by atoms with Gasteiger partial charge in [-0.2, -0.15) is 4.58 Å². The lowest BCUT2D eigenvalue weighted by atomic mass is 9.71. The number of aromatic nitrogens is 1. The minimum Gasteiger partial charge on any atom is -0.350 e.